The SMILES string of the molecule is Cn1cnc2c(NCCc3ccc(N)cc3)nccc21. The number of rotatable bonds is 4. The summed E-state index contributed by atoms with van der Waals surface area (Å²) >= 11 is 0. The molecule has 0 spiro atoms. The van der Waals surface area contributed by atoms with Gasteiger partial charge in [-0.05, 0) is 30.2 Å². The summed E-state index contributed by atoms with van der Waals surface area (Å²) in [6.45, 7) is 0.812. The molecule has 1 aromatic carbocycles. The van der Waals surface area contributed by atoms with Gasteiger partial charge < -0.3 is 15.6 Å². The predicted molar refractivity (Wildman–Crippen MR) is 81.6 cm³/mol. The monoisotopic (exact) mass is 267 g/mol. The summed E-state index contributed by atoms with van der Waals surface area (Å²) < 4.78 is 1.99. The first kappa shape index (κ1) is 12.5. The number of aryl methyl sites for hydroxylation is 1. The molecule has 0 unspecified atom stereocenters. The van der Waals surface area contributed by atoms with Gasteiger partial charge >= 0.3 is 0 Å². The van der Waals surface area contributed by atoms with E-state index in [4.69, 9.17) is 5.73 Å². The van der Waals surface area contributed by atoms with Crippen molar-refractivity contribution in [3.8, 4) is 0 Å². The second kappa shape index (κ2) is 5.21. The minimum Gasteiger partial charge on any atom is -0.399 e. The van der Waals surface area contributed by atoms with Gasteiger partial charge in [0.1, 0.15) is 5.52 Å². The number of nitrogen functional groups attached to an aromatic ring is 1. The Labute approximate surface area is 117 Å². The first-order valence-electron chi connectivity index (χ1n) is 6.58. The third-order valence-electron chi connectivity index (χ3n) is 3.33. The molecule has 3 rings (SSSR count). The van der Waals surface area contributed by atoms with Gasteiger partial charge in [-0.3, -0.25) is 0 Å². The van der Waals surface area contributed by atoms with Crippen LogP contribution in [0.2, 0.25) is 0 Å². The summed E-state index contributed by atoms with van der Waals surface area (Å²) in [5, 5.41) is 3.35. The van der Waals surface area contributed by atoms with Crippen LogP contribution in [0.3, 0.4) is 0 Å². The third-order valence-corrected chi connectivity index (χ3v) is 3.33. The fourth-order valence-corrected chi connectivity index (χ4v) is 2.20. The molecule has 102 valence electrons. The molecule has 0 radical (unpaired) electrons. The van der Waals surface area contributed by atoms with Crippen LogP contribution in [0.25, 0.3) is 11.0 Å². The van der Waals surface area contributed by atoms with Crippen molar-refractivity contribution in [2.45, 2.75) is 6.42 Å². The zero-order chi connectivity index (χ0) is 13.9. The summed E-state index contributed by atoms with van der Waals surface area (Å²) in [6.07, 6.45) is 4.53. The number of hydrogen-bond donors (Lipinski definition) is 2. The number of fused-ring (bicyclic) bond motifs is 1. The molecule has 0 aliphatic rings. The Balaban J connectivity index is 1.69. The molecule has 0 aliphatic carbocycles. The largest absolute Gasteiger partial charge is 0.399 e. The first-order valence-corrected chi connectivity index (χ1v) is 6.58. The van der Waals surface area contributed by atoms with Crippen molar-refractivity contribution >= 4 is 22.5 Å². The quantitative estimate of drug-likeness (QED) is 0.711. The topological polar surface area (TPSA) is 68.8 Å². The molecule has 3 N–H and O–H groups in total. The average molecular weight is 267 g/mol. The van der Waals surface area contributed by atoms with E-state index in [1.165, 1.54) is 5.56 Å². The summed E-state index contributed by atoms with van der Waals surface area (Å²) in [6, 6.07) is 9.91. The van der Waals surface area contributed by atoms with E-state index in [9.17, 15) is 0 Å². The highest BCUT2D eigenvalue weighted by atomic mass is 15.1. The minimum absolute atomic E-state index is 0.793. The number of aromatic nitrogens is 3. The molecule has 2 aromatic heterocycles. The summed E-state index contributed by atoms with van der Waals surface area (Å²) in [5.41, 5.74) is 9.71. The standard InChI is InChI=1S/C15H17N5/c1-20-10-19-14-13(20)7-9-18-15(14)17-8-6-11-2-4-12(16)5-3-11/h2-5,7,9-10H,6,8,16H2,1H3,(H,17,18). The Hall–Kier alpha value is -2.56. The van der Waals surface area contributed by atoms with Crippen molar-refractivity contribution in [1.29, 1.82) is 0 Å². The number of nitrogens with zero attached hydrogens (tertiary/aromatic N) is 3. The number of benzene rings is 1. The fraction of sp³-hybridized carbons (Fsp3) is 0.200. The van der Waals surface area contributed by atoms with E-state index in [0.29, 0.717) is 0 Å². The number of pyridine rings is 1. The number of nitrogens with two attached hydrogens (primary N) is 1. The van der Waals surface area contributed by atoms with Crippen LogP contribution in [0.1, 0.15) is 5.56 Å². The lowest BCUT2D eigenvalue weighted by molar-refractivity contribution is 0.947. The molecule has 0 atom stereocenters. The van der Waals surface area contributed by atoms with E-state index < -0.39 is 0 Å². The zero-order valence-corrected chi connectivity index (χ0v) is 11.4. The smallest absolute Gasteiger partial charge is 0.154 e. The molecular weight excluding hydrogens is 250 g/mol. The summed E-state index contributed by atoms with van der Waals surface area (Å²) in [4.78, 5) is 8.74. The predicted octanol–water partition coefficient (Wildman–Crippen LogP) is 2.21. The van der Waals surface area contributed by atoms with Crippen LogP contribution in [0, 0.1) is 0 Å². The third kappa shape index (κ3) is 2.42. The highest BCUT2D eigenvalue weighted by Gasteiger charge is 2.05. The molecular formula is C15H17N5. The molecule has 2 heterocycles. The Morgan fingerprint density at radius 1 is 1.15 bits per heavy atom. The summed E-state index contributed by atoms with van der Waals surface area (Å²) in [5.74, 6) is 0.832. The summed E-state index contributed by atoms with van der Waals surface area (Å²) in [7, 11) is 1.98. The molecule has 0 saturated heterocycles. The van der Waals surface area contributed by atoms with Gasteiger partial charge in [-0.15, -0.1) is 0 Å². The molecule has 5 nitrogen and oxygen atoms in total. The van der Waals surface area contributed by atoms with Crippen LogP contribution in [-0.4, -0.2) is 21.1 Å². The zero-order valence-electron chi connectivity index (χ0n) is 11.4. The number of hydrogen-bond acceptors (Lipinski definition) is 4. The second-order valence-corrected chi connectivity index (χ2v) is 4.80. The average Bonchev–Trinajstić information content (AvgIpc) is 2.84. The van der Waals surface area contributed by atoms with Crippen molar-refractivity contribution in [1.82, 2.24) is 14.5 Å². The lowest BCUT2D eigenvalue weighted by Gasteiger charge is -2.06. The lowest BCUT2D eigenvalue weighted by atomic mass is 10.1. The van der Waals surface area contributed by atoms with Crippen LogP contribution < -0.4 is 11.1 Å². The van der Waals surface area contributed by atoms with E-state index >= 15 is 0 Å². The van der Waals surface area contributed by atoms with Crippen LogP contribution in [0.4, 0.5) is 11.5 Å². The maximum atomic E-state index is 5.67. The van der Waals surface area contributed by atoms with Gasteiger partial charge in [0.25, 0.3) is 0 Å². The number of imidazole rings is 1. The highest BCUT2D eigenvalue weighted by molar-refractivity contribution is 5.85. The van der Waals surface area contributed by atoms with Crippen molar-refractivity contribution < 1.29 is 0 Å². The molecule has 5 heteroatoms. The molecule has 3 aromatic rings. The maximum absolute atomic E-state index is 5.67. The van der Waals surface area contributed by atoms with E-state index in [-0.39, 0.29) is 0 Å². The normalized spacial score (nSPS) is 10.8. The minimum atomic E-state index is 0.793. The van der Waals surface area contributed by atoms with Gasteiger partial charge in [-0.1, -0.05) is 12.1 Å². The molecule has 0 amide bonds. The van der Waals surface area contributed by atoms with Crippen LogP contribution in [0.5, 0.6) is 0 Å². The molecule has 0 aliphatic heterocycles. The van der Waals surface area contributed by atoms with Gasteiger partial charge in [0.2, 0.25) is 0 Å². The van der Waals surface area contributed by atoms with Crippen LogP contribution in [0.15, 0.2) is 42.9 Å². The molecule has 0 fully saturated rings. The van der Waals surface area contributed by atoms with E-state index in [2.05, 4.69) is 15.3 Å². The molecule has 0 bridgehead atoms. The van der Waals surface area contributed by atoms with Gasteiger partial charge in [0.15, 0.2) is 5.82 Å². The Bertz CT molecular complexity index is 715. The van der Waals surface area contributed by atoms with Gasteiger partial charge in [-0.2, -0.15) is 0 Å². The second-order valence-electron chi connectivity index (χ2n) is 4.80. The van der Waals surface area contributed by atoms with E-state index in [1.807, 2.05) is 41.9 Å². The van der Waals surface area contributed by atoms with E-state index in [1.54, 1.807) is 12.5 Å². The van der Waals surface area contributed by atoms with Crippen molar-refractivity contribution in [3.05, 3.63) is 48.4 Å². The number of anilines is 2. The van der Waals surface area contributed by atoms with Crippen LogP contribution in [-0.2, 0) is 13.5 Å². The maximum Gasteiger partial charge on any atom is 0.154 e. The Morgan fingerprint density at radius 2 is 1.95 bits per heavy atom. The highest BCUT2D eigenvalue weighted by Crippen LogP contribution is 2.18. The Morgan fingerprint density at radius 3 is 2.75 bits per heavy atom. The lowest BCUT2D eigenvalue weighted by Crippen LogP contribution is -2.06. The Kier molecular flexibility index (Phi) is 3.25. The molecule has 0 saturated carbocycles. The molecule has 20 heavy (non-hydrogen) atoms. The fourth-order valence-electron chi connectivity index (χ4n) is 2.20. The van der Waals surface area contributed by atoms with Crippen molar-refractivity contribution in [2.24, 2.45) is 7.05 Å². The van der Waals surface area contributed by atoms with Gasteiger partial charge in [0.05, 0.1) is 11.8 Å². The number of nitrogens with one attached hydrogen (secondary N) is 1. The van der Waals surface area contributed by atoms with Crippen LogP contribution >= 0.6 is 0 Å². The van der Waals surface area contributed by atoms with E-state index in [0.717, 1.165) is 35.5 Å². The van der Waals surface area contributed by atoms with Gasteiger partial charge in [0, 0.05) is 25.5 Å². The van der Waals surface area contributed by atoms with Crippen molar-refractivity contribution in [3.63, 3.8) is 0 Å². The first-order chi connectivity index (χ1) is 9.74. The van der Waals surface area contributed by atoms with Gasteiger partial charge in [-0.25, -0.2) is 9.97 Å². The van der Waals surface area contributed by atoms with Crippen molar-refractivity contribution in [2.75, 3.05) is 17.6 Å².